The summed E-state index contributed by atoms with van der Waals surface area (Å²) in [4.78, 5) is 10.9. The van der Waals surface area contributed by atoms with Gasteiger partial charge in [-0.1, -0.05) is 6.07 Å². The Morgan fingerprint density at radius 1 is 1.53 bits per heavy atom. The van der Waals surface area contributed by atoms with Gasteiger partial charge in [-0.15, -0.1) is 11.8 Å². The summed E-state index contributed by atoms with van der Waals surface area (Å²) in [6.45, 7) is -0.0538. The van der Waals surface area contributed by atoms with Crippen LogP contribution in [-0.4, -0.2) is 28.6 Å². The van der Waals surface area contributed by atoms with Crippen molar-refractivity contribution >= 4 is 17.9 Å². The third-order valence-electron chi connectivity index (χ3n) is 1.77. The highest BCUT2D eigenvalue weighted by Gasteiger charge is 1.99. The van der Waals surface area contributed by atoms with Gasteiger partial charge < -0.3 is 15.5 Å². The van der Waals surface area contributed by atoms with Crippen LogP contribution in [0.5, 0.6) is 5.75 Å². The number of rotatable bonds is 5. The highest BCUT2D eigenvalue weighted by molar-refractivity contribution is 7.99. The minimum absolute atomic E-state index is 0.0538. The van der Waals surface area contributed by atoms with Crippen LogP contribution in [0.2, 0.25) is 0 Å². The van der Waals surface area contributed by atoms with Crippen molar-refractivity contribution < 1.29 is 19.4 Å². The molecular weight excluding hydrogens is 245 g/mol. The zero-order valence-electron chi connectivity index (χ0n) is 8.89. The van der Waals surface area contributed by atoms with Crippen LogP contribution in [0.3, 0.4) is 0 Å². The first-order valence-electron chi connectivity index (χ1n) is 4.81. The Balaban J connectivity index is 2.37. The average molecular weight is 257 g/mol. The smallest absolute Gasteiger partial charge is 0.404 e. The van der Waals surface area contributed by atoms with Crippen LogP contribution < -0.4 is 5.32 Å². The predicted octanol–water partition coefficient (Wildman–Crippen LogP) is 2.61. The van der Waals surface area contributed by atoms with Gasteiger partial charge in [-0.2, -0.15) is 0 Å². The summed E-state index contributed by atoms with van der Waals surface area (Å²) in [5.41, 5.74) is 0. The number of hydrogen-bond donors (Lipinski definition) is 3. The fourth-order valence-corrected chi connectivity index (χ4v) is 1.83. The molecule has 17 heavy (non-hydrogen) atoms. The fraction of sp³-hybridized carbons (Fsp3) is 0.182. The molecule has 0 aromatic heterocycles. The maximum absolute atomic E-state index is 13.2. The van der Waals surface area contributed by atoms with Gasteiger partial charge in [0, 0.05) is 17.2 Å². The first-order chi connectivity index (χ1) is 8.08. The Hall–Kier alpha value is -1.69. The molecule has 1 aromatic rings. The molecule has 0 atom stereocenters. The molecular formula is C11H12FNO3S. The van der Waals surface area contributed by atoms with Crippen molar-refractivity contribution in [2.45, 2.75) is 4.90 Å². The van der Waals surface area contributed by atoms with E-state index < -0.39 is 11.9 Å². The molecule has 4 nitrogen and oxygen atoms in total. The minimum atomic E-state index is -1.19. The van der Waals surface area contributed by atoms with E-state index in [9.17, 15) is 14.3 Å². The molecule has 0 saturated carbocycles. The Kier molecular flexibility index (Phi) is 5.35. The number of carbonyl (C=O) groups is 1. The van der Waals surface area contributed by atoms with E-state index in [4.69, 9.17) is 5.11 Å². The lowest BCUT2D eigenvalue weighted by molar-refractivity contribution is 0.195. The first kappa shape index (κ1) is 13.4. The molecule has 3 N–H and O–H groups in total. The molecule has 0 aliphatic heterocycles. The molecule has 0 unspecified atom stereocenters. The normalized spacial score (nSPS) is 11.2. The molecule has 0 aliphatic carbocycles. The van der Waals surface area contributed by atoms with Gasteiger partial charge in [-0.3, -0.25) is 0 Å². The van der Waals surface area contributed by atoms with Crippen LogP contribution in [0.1, 0.15) is 0 Å². The van der Waals surface area contributed by atoms with E-state index in [1.807, 2.05) is 5.32 Å². The summed E-state index contributed by atoms with van der Waals surface area (Å²) in [6.07, 6.45) is -0.0149. The summed E-state index contributed by atoms with van der Waals surface area (Å²) in [6, 6.07) is 6.50. The molecule has 92 valence electrons. The zero-order valence-corrected chi connectivity index (χ0v) is 9.71. The van der Waals surface area contributed by atoms with Crippen molar-refractivity contribution in [2.24, 2.45) is 0 Å². The Bertz CT molecular complexity index is 423. The second kappa shape index (κ2) is 6.80. The zero-order chi connectivity index (χ0) is 12.7. The third-order valence-corrected chi connectivity index (χ3v) is 2.78. The van der Waals surface area contributed by atoms with Crippen LogP contribution in [0, 0.1) is 0 Å². The molecule has 0 bridgehead atoms. The standard InChI is InChI=1S/C11H12FNO3S/c12-8(4-5-13-11(15)16)7-17-10-3-1-2-9(14)6-10/h1-4,6,13-14H,5,7H2,(H,15,16). The maximum Gasteiger partial charge on any atom is 0.404 e. The van der Waals surface area contributed by atoms with Crippen molar-refractivity contribution in [2.75, 3.05) is 12.3 Å². The molecule has 0 radical (unpaired) electrons. The van der Waals surface area contributed by atoms with Gasteiger partial charge >= 0.3 is 6.09 Å². The third kappa shape index (κ3) is 5.82. The van der Waals surface area contributed by atoms with Gasteiger partial charge in [0.2, 0.25) is 0 Å². The van der Waals surface area contributed by atoms with Crippen LogP contribution in [-0.2, 0) is 0 Å². The van der Waals surface area contributed by atoms with Crippen molar-refractivity contribution in [1.29, 1.82) is 0 Å². The molecule has 0 aliphatic rings. The highest BCUT2D eigenvalue weighted by atomic mass is 32.2. The molecule has 0 fully saturated rings. The van der Waals surface area contributed by atoms with Gasteiger partial charge in [0.05, 0.1) is 0 Å². The number of halogens is 1. The number of hydrogen-bond acceptors (Lipinski definition) is 3. The van der Waals surface area contributed by atoms with Crippen molar-refractivity contribution in [3.63, 3.8) is 0 Å². The maximum atomic E-state index is 13.2. The highest BCUT2D eigenvalue weighted by Crippen LogP contribution is 2.24. The lowest BCUT2D eigenvalue weighted by Gasteiger charge is -2.01. The van der Waals surface area contributed by atoms with Gasteiger partial charge in [0.15, 0.2) is 0 Å². The van der Waals surface area contributed by atoms with Gasteiger partial charge in [0.25, 0.3) is 0 Å². The van der Waals surface area contributed by atoms with Crippen LogP contribution in [0.15, 0.2) is 41.1 Å². The minimum Gasteiger partial charge on any atom is -0.508 e. The molecule has 0 heterocycles. The first-order valence-corrected chi connectivity index (χ1v) is 5.79. The van der Waals surface area contributed by atoms with Crippen molar-refractivity contribution in [3.05, 3.63) is 36.2 Å². The summed E-state index contributed by atoms with van der Waals surface area (Å²) in [5, 5.41) is 19.5. The number of aromatic hydroxyl groups is 1. The molecule has 0 saturated heterocycles. The van der Waals surface area contributed by atoms with E-state index in [1.165, 1.54) is 30.0 Å². The second-order valence-electron chi connectivity index (χ2n) is 3.12. The number of phenols is 1. The number of thioether (sulfide) groups is 1. The van der Waals surface area contributed by atoms with Gasteiger partial charge in [0.1, 0.15) is 11.6 Å². The van der Waals surface area contributed by atoms with E-state index in [0.29, 0.717) is 0 Å². The topological polar surface area (TPSA) is 69.6 Å². The van der Waals surface area contributed by atoms with Crippen LogP contribution >= 0.6 is 11.8 Å². The molecule has 1 amide bonds. The number of amides is 1. The van der Waals surface area contributed by atoms with Gasteiger partial charge in [-0.25, -0.2) is 9.18 Å². The Morgan fingerprint density at radius 2 is 2.29 bits per heavy atom. The van der Waals surface area contributed by atoms with E-state index in [2.05, 4.69) is 0 Å². The SMILES string of the molecule is O=C(O)NCC=C(F)CSc1cccc(O)c1. The average Bonchev–Trinajstić information content (AvgIpc) is 2.26. The van der Waals surface area contributed by atoms with E-state index in [-0.39, 0.29) is 18.0 Å². The summed E-state index contributed by atoms with van der Waals surface area (Å²) >= 11 is 1.22. The number of carboxylic acid groups (broad SMARTS) is 1. The Morgan fingerprint density at radius 3 is 2.94 bits per heavy atom. The molecule has 1 rings (SSSR count). The monoisotopic (exact) mass is 257 g/mol. The van der Waals surface area contributed by atoms with Crippen molar-refractivity contribution in [1.82, 2.24) is 5.32 Å². The summed E-state index contributed by atoms with van der Waals surface area (Å²) in [5.74, 6) is -0.177. The lowest BCUT2D eigenvalue weighted by atomic mass is 10.3. The van der Waals surface area contributed by atoms with Crippen LogP contribution in [0.4, 0.5) is 9.18 Å². The van der Waals surface area contributed by atoms with E-state index in [1.54, 1.807) is 12.1 Å². The van der Waals surface area contributed by atoms with E-state index >= 15 is 0 Å². The molecule has 6 heteroatoms. The predicted molar refractivity (Wildman–Crippen MR) is 64.0 cm³/mol. The number of benzene rings is 1. The number of nitrogens with one attached hydrogen (secondary N) is 1. The summed E-state index contributed by atoms with van der Waals surface area (Å²) < 4.78 is 13.2. The fourth-order valence-electron chi connectivity index (χ4n) is 1.03. The van der Waals surface area contributed by atoms with Crippen molar-refractivity contribution in [3.8, 4) is 5.75 Å². The largest absolute Gasteiger partial charge is 0.508 e. The van der Waals surface area contributed by atoms with Gasteiger partial charge in [-0.05, 0) is 24.3 Å². The summed E-state index contributed by atoms with van der Waals surface area (Å²) in [7, 11) is 0. The number of phenolic OH excluding ortho intramolecular Hbond substituents is 1. The second-order valence-corrected chi connectivity index (χ2v) is 4.17. The van der Waals surface area contributed by atoms with E-state index in [0.717, 1.165) is 4.90 Å². The quantitative estimate of drug-likeness (QED) is 0.709. The van der Waals surface area contributed by atoms with Crippen LogP contribution in [0.25, 0.3) is 0 Å². The lowest BCUT2D eigenvalue weighted by Crippen LogP contribution is -2.20. The molecule has 1 aromatic carbocycles. The Labute approximate surface area is 102 Å². The molecule has 0 spiro atoms.